The van der Waals surface area contributed by atoms with Gasteiger partial charge in [0.2, 0.25) is 0 Å². The number of imidazole rings is 1. The van der Waals surface area contributed by atoms with Gasteiger partial charge in [-0.1, -0.05) is 0 Å². The van der Waals surface area contributed by atoms with Crippen LogP contribution in [0, 0.1) is 18.6 Å². The predicted molar refractivity (Wildman–Crippen MR) is 129 cm³/mol. The average Bonchev–Trinajstić information content (AvgIpc) is 3.59. The van der Waals surface area contributed by atoms with E-state index in [2.05, 4.69) is 15.4 Å². The number of aryl methyl sites for hydroxylation is 1. The van der Waals surface area contributed by atoms with Gasteiger partial charge in [0, 0.05) is 29.9 Å². The van der Waals surface area contributed by atoms with Crippen molar-refractivity contribution in [2.75, 3.05) is 12.4 Å². The van der Waals surface area contributed by atoms with Gasteiger partial charge in [0.25, 0.3) is 5.56 Å². The van der Waals surface area contributed by atoms with Crippen LogP contribution < -0.4 is 15.6 Å². The second-order valence-electron chi connectivity index (χ2n) is 8.82. The van der Waals surface area contributed by atoms with E-state index in [9.17, 15) is 13.6 Å². The molecule has 0 spiro atoms. The van der Waals surface area contributed by atoms with E-state index in [1.807, 2.05) is 29.8 Å². The minimum atomic E-state index is -0.697. The molecule has 4 aromatic rings. The number of ether oxygens (including phenoxy) is 1. The van der Waals surface area contributed by atoms with E-state index in [0.717, 1.165) is 36.0 Å². The molecule has 0 aliphatic heterocycles. The fraction of sp³-hybridized carbons (Fsp3) is 0.269. The molecule has 1 aliphatic carbocycles. The monoisotopic (exact) mass is 477 g/mol. The Morgan fingerprint density at radius 1 is 1.11 bits per heavy atom. The van der Waals surface area contributed by atoms with Crippen molar-refractivity contribution in [1.82, 2.24) is 19.3 Å². The van der Waals surface area contributed by atoms with E-state index in [4.69, 9.17) is 4.74 Å². The Balaban J connectivity index is 1.53. The number of halogens is 2. The molecule has 1 N–H and O–H groups in total. The number of hydrogen-bond donors (Lipinski definition) is 1. The molecule has 0 unspecified atom stereocenters. The van der Waals surface area contributed by atoms with E-state index in [0.29, 0.717) is 22.7 Å². The van der Waals surface area contributed by atoms with Crippen molar-refractivity contribution >= 4 is 11.4 Å². The maximum atomic E-state index is 13.8. The van der Waals surface area contributed by atoms with E-state index in [1.54, 1.807) is 32.5 Å². The summed E-state index contributed by atoms with van der Waals surface area (Å²) in [5, 5.41) is 7.74. The number of methoxy groups -OCH3 is 1. The first-order chi connectivity index (χ1) is 16.8. The Labute approximate surface area is 201 Å². The van der Waals surface area contributed by atoms with Crippen LogP contribution in [0.15, 0.2) is 59.8 Å². The molecular weight excluding hydrogens is 452 g/mol. The van der Waals surface area contributed by atoms with Crippen LogP contribution in [0.5, 0.6) is 5.75 Å². The normalized spacial score (nSPS) is 14.1. The van der Waals surface area contributed by atoms with E-state index in [1.165, 1.54) is 16.8 Å². The standard InChI is InChI=1S/C26H25F2N5O2/c1-15-13-32(14-29-15)24-7-6-21(11-25(24)35-3)30-23-12-22(17-4-5-17)31-33(26(23)34)16(2)18-8-19(27)10-20(28)9-18/h6-14,16-17,30H,4-5H2,1-3H3/t16-/m0/s1. The summed E-state index contributed by atoms with van der Waals surface area (Å²) in [6.45, 7) is 3.61. The first-order valence-electron chi connectivity index (χ1n) is 11.4. The second kappa shape index (κ2) is 8.98. The molecule has 5 rings (SSSR count). The van der Waals surface area contributed by atoms with Crippen LogP contribution in [0.2, 0.25) is 0 Å². The molecule has 0 saturated heterocycles. The second-order valence-corrected chi connectivity index (χ2v) is 8.82. The highest BCUT2D eigenvalue weighted by molar-refractivity contribution is 5.65. The summed E-state index contributed by atoms with van der Waals surface area (Å²) >= 11 is 0. The number of hydrogen-bond acceptors (Lipinski definition) is 5. The maximum Gasteiger partial charge on any atom is 0.291 e. The summed E-state index contributed by atoms with van der Waals surface area (Å²) < 4.78 is 36.4. The molecule has 2 aromatic heterocycles. The highest BCUT2D eigenvalue weighted by atomic mass is 19.1. The number of aromatic nitrogens is 4. The predicted octanol–water partition coefficient (Wildman–Crippen LogP) is 5.25. The fourth-order valence-corrected chi connectivity index (χ4v) is 4.10. The van der Waals surface area contributed by atoms with Gasteiger partial charge >= 0.3 is 0 Å². The van der Waals surface area contributed by atoms with Gasteiger partial charge in [-0.2, -0.15) is 5.10 Å². The van der Waals surface area contributed by atoms with Crippen LogP contribution in [-0.2, 0) is 0 Å². The zero-order valence-corrected chi connectivity index (χ0v) is 19.6. The molecule has 7 nitrogen and oxygen atoms in total. The van der Waals surface area contributed by atoms with Gasteiger partial charge in [-0.15, -0.1) is 0 Å². The Kier molecular flexibility index (Phi) is 5.84. The Morgan fingerprint density at radius 2 is 1.86 bits per heavy atom. The summed E-state index contributed by atoms with van der Waals surface area (Å²) in [5.74, 6) is -0.526. The third-order valence-electron chi connectivity index (χ3n) is 6.13. The topological polar surface area (TPSA) is 74.0 Å². The third kappa shape index (κ3) is 4.66. The molecule has 0 radical (unpaired) electrons. The zero-order valence-electron chi connectivity index (χ0n) is 19.6. The number of rotatable bonds is 7. The third-order valence-corrected chi connectivity index (χ3v) is 6.13. The molecule has 0 bridgehead atoms. The molecule has 1 saturated carbocycles. The molecule has 1 aliphatic rings. The van der Waals surface area contributed by atoms with Gasteiger partial charge < -0.3 is 14.6 Å². The van der Waals surface area contributed by atoms with Crippen molar-refractivity contribution < 1.29 is 13.5 Å². The van der Waals surface area contributed by atoms with Crippen LogP contribution in [0.1, 0.15) is 48.7 Å². The van der Waals surface area contributed by atoms with Crippen LogP contribution >= 0.6 is 0 Å². The van der Waals surface area contributed by atoms with Crippen molar-refractivity contribution in [3.63, 3.8) is 0 Å². The van der Waals surface area contributed by atoms with E-state index < -0.39 is 17.7 Å². The van der Waals surface area contributed by atoms with Crippen LogP contribution in [0.3, 0.4) is 0 Å². The van der Waals surface area contributed by atoms with Crippen molar-refractivity contribution in [2.24, 2.45) is 0 Å². The maximum absolute atomic E-state index is 13.8. The minimum absolute atomic E-state index is 0.264. The average molecular weight is 478 g/mol. The number of anilines is 2. The molecule has 35 heavy (non-hydrogen) atoms. The van der Waals surface area contributed by atoms with Gasteiger partial charge in [0.15, 0.2) is 0 Å². The van der Waals surface area contributed by atoms with Gasteiger partial charge in [0.1, 0.15) is 23.1 Å². The SMILES string of the molecule is COc1cc(Nc2cc(C3CC3)nn([C@@H](C)c3cc(F)cc(F)c3)c2=O)ccc1-n1cnc(C)c1. The van der Waals surface area contributed by atoms with Gasteiger partial charge in [-0.3, -0.25) is 4.79 Å². The lowest BCUT2D eigenvalue weighted by atomic mass is 10.1. The molecule has 0 amide bonds. The van der Waals surface area contributed by atoms with Crippen molar-refractivity contribution in [3.8, 4) is 11.4 Å². The Hall–Kier alpha value is -4.01. The summed E-state index contributed by atoms with van der Waals surface area (Å²) in [6.07, 6.45) is 5.58. The Bertz CT molecular complexity index is 1440. The van der Waals surface area contributed by atoms with Crippen molar-refractivity contribution in [1.29, 1.82) is 0 Å². The summed E-state index contributed by atoms with van der Waals surface area (Å²) in [4.78, 5) is 17.7. The minimum Gasteiger partial charge on any atom is -0.494 e. The largest absolute Gasteiger partial charge is 0.494 e. The Morgan fingerprint density at radius 3 is 2.49 bits per heavy atom. The van der Waals surface area contributed by atoms with Crippen molar-refractivity contribution in [3.05, 3.63) is 93.9 Å². The first kappa shape index (κ1) is 22.8. The summed E-state index contributed by atoms with van der Waals surface area (Å²) in [6, 6.07) is 9.88. The lowest BCUT2D eigenvalue weighted by Crippen LogP contribution is -2.29. The fourth-order valence-electron chi connectivity index (χ4n) is 4.10. The molecule has 1 fully saturated rings. The lowest BCUT2D eigenvalue weighted by Gasteiger charge is -2.18. The van der Waals surface area contributed by atoms with Gasteiger partial charge in [-0.05, 0) is 62.6 Å². The van der Waals surface area contributed by atoms with Crippen LogP contribution in [0.4, 0.5) is 20.2 Å². The summed E-state index contributed by atoms with van der Waals surface area (Å²) in [5.41, 5.74) is 3.39. The molecule has 1 atom stereocenters. The summed E-state index contributed by atoms with van der Waals surface area (Å²) in [7, 11) is 1.58. The van der Waals surface area contributed by atoms with E-state index >= 15 is 0 Å². The zero-order chi connectivity index (χ0) is 24.7. The molecule has 2 heterocycles. The quantitative estimate of drug-likeness (QED) is 0.393. The van der Waals surface area contributed by atoms with E-state index in [-0.39, 0.29) is 11.5 Å². The smallest absolute Gasteiger partial charge is 0.291 e. The van der Waals surface area contributed by atoms with Crippen molar-refractivity contribution in [2.45, 2.75) is 38.6 Å². The molecule has 2 aromatic carbocycles. The lowest BCUT2D eigenvalue weighted by molar-refractivity contribution is 0.413. The number of nitrogens with zero attached hydrogens (tertiary/aromatic N) is 4. The molecular formula is C26H25F2N5O2. The number of benzene rings is 2. The molecule has 9 heteroatoms. The highest BCUT2D eigenvalue weighted by Gasteiger charge is 2.28. The van der Waals surface area contributed by atoms with Crippen LogP contribution in [-0.4, -0.2) is 26.4 Å². The van der Waals surface area contributed by atoms with Gasteiger partial charge in [-0.25, -0.2) is 18.4 Å². The van der Waals surface area contributed by atoms with Gasteiger partial charge in [0.05, 0.1) is 36.6 Å². The number of nitrogens with one attached hydrogen (secondary N) is 1. The van der Waals surface area contributed by atoms with Crippen LogP contribution in [0.25, 0.3) is 5.69 Å². The first-order valence-corrected chi connectivity index (χ1v) is 11.4. The molecule has 180 valence electrons. The highest BCUT2D eigenvalue weighted by Crippen LogP contribution is 2.39.